The molecule has 0 spiro atoms. The van der Waals surface area contributed by atoms with Gasteiger partial charge in [-0.05, 0) is 13.3 Å². The van der Waals surface area contributed by atoms with Gasteiger partial charge in [0.25, 0.3) is 0 Å². The molecule has 0 aliphatic carbocycles. The number of aliphatic hydroxyl groups excluding tert-OH is 2. The van der Waals surface area contributed by atoms with E-state index in [0.717, 1.165) is 0 Å². The average molecular weight is 302 g/mol. The maximum Gasteiger partial charge on any atom is 0.304 e. The summed E-state index contributed by atoms with van der Waals surface area (Å²) in [6, 6.07) is 0. The van der Waals surface area contributed by atoms with Crippen LogP contribution >= 0.6 is 25.3 Å². The summed E-state index contributed by atoms with van der Waals surface area (Å²) in [5, 5.41) is 32.2. The number of carbonyl (C=O) groups is 2. The van der Waals surface area contributed by atoms with Gasteiger partial charge in [-0.1, -0.05) is 0 Å². The van der Waals surface area contributed by atoms with Gasteiger partial charge in [0.1, 0.15) is 0 Å². The van der Waals surface area contributed by atoms with Crippen molar-refractivity contribution in [3.63, 3.8) is 0 Å². The van der Waals surface area contributed by atoms with Crippen molar-refractivity contribution in [2.45, 2.75) is 32.3 Å². The van der Waals surface area contributed by atoms with Gasteiger partial charge < -0.3 is 20.4 Å². The van der Waals surface area contributed by atoms with Crippen molar-refractivity contribution in [2.75, 3.05) is 18.1 Å². The molecule has 0 aliphatic rings. The molecule has 0 aliphatic heterocycles. The fraction of sp³-hybridized carbons (Fsp3) is 0.800. The van der Waals surface area contributed by atoms with E-state index >= 15 is 0 Å². The molecule has 1 atom stereocenters. The number of thiol groups is 2. The molecule has 18 heavy (non-hydrogen) atoms. The summed E-state index contributed by atoms with van der Waals surface area (Å²) in [6.07, 6.45) is 0.446. The number of carboxylic acid groups (broad SMARTS) is 2. The highest BCUT2D eigenvalue weighted by atomic mass is 32.1. The molecule has 0 aromatic rings. The molecule has 0 rings (SSSR count). The molecule has 0 radical (unpaired) electrons. The van der Waals surface area contributed by atoms with Crippen molar-refractivity contribution in [1.82, 2.24) is 0 Å². The molecule has 0 saturated heterocycles. The number of aliphatic hydroxyl groups is 2. The van der Waals surface area contributed by atoms with E-state index in [1.54, 1.807) is 6.92 Å². The maximum atomic E-state index is 9.55. The second-order valence-electron chi connectivity index (χ2n) is 3.10. The Labute approximate surface area is 118 Å². The third-order valence-corrected chi connectivity index (χ3v) is 1.65. The SMILES string of the molecule is CC(O)CCO.O=C(O)CCS.O=C(O)CCS. The van der Waals surface area contributed by atoms with Crippen LogP contribution in [0.1, 0.15) is 26.2 Å². The molecular formula is C10H22O6S2. The van der Waals surface area contributed by atoms with Crippen molar-refractivity contribution in [2.24, 2.45) is 0 Å². The molecule has 0 aromatic heterocycles. The monoisotopic (exact) mass is 302 g/mol. The molecule has 1 unspecified atom stereocenters. The summed E-state index contributed by atoms with van der Waals surface area (Å²) < 4.78 is 0. The van der Waals surface area contributed by atoms with Gasteiger partial charge in [0.15, 0.2) is 0 Å². The smallest absolute Gasteiger partial charge is 0.304 e. The van der Waals surface area contributed by atoms with E-state index in [1.807, 2.05) is 0 Å². The molecule has 110 valence electrons. The number of hydrogen-bond acceptors (Lipinski definition) is 6. The highest BCUT2D eigenvalue weighted by Crippen LogP contribution is 1.83. The summed E-state index contributed by atoms with van der Waals surface area (Å²) in [5.74, 6) is -0.722. The van der Waals surface area contributed by atoms with E-state index in [-0.39, 0.29) is 25.6 Å². The third-order valence-electron chi connectivity index (χ3n) is 1.20. The number of hydrogen-bond donors (Lipinski definition) is 6. The van der Waals surface area contributed by atoms with Gasteiger partial charge in [-0.2, -0.15) is 25.3 Å². The fourth-order valence-electron chi connectivity index (χ4n) is 0.378. The second-order valence-corrected chi connectivity index (χ2v) is 3.99. The zero-order valence-electron chi connectivity index (χ0n) is 10.3. The van der Waals surface area contributed by atoms with Crippen LogP contribution in [-0.4, -0.2) is 56.6 Å². The van der Waals surface area contributed by atoms with Crippen molar-refractivity contribution >= 4 is 37.2 Å². The molecule has 0 heterocycles. The van der Waals surface area contributed by atoms with E-state index in [2.05, 4.69) is 25.3 Å². The van der Waals surface area contributed by atoms with Crippen molar-refractivity contribution in [1.29, 1.82) is 0 Å². The summed E-state index contributed by atoms with van der Waals surface area (Å²) in [6.45, 7) is 1.73. The summed E-state index contributed by atoms with van der Waals surface area (Å²) in [7, 11) is 0. The Morgan fingerprint density at radius 3 is 1.39 bits per heavy atom. The van der Waals surface area contributed by atoms with Crippen LogP contribution in [0.25, 0.3) is 0 Å². The van der Waals surface area contributed by atoms with Crippen LogP contribution < -0.4 is 0 Å². The van der Waals surface area contributed by atoms with E-state index in [4.69, 9.17) is 20.4 Å². The van der Waals surface area contributed by atoms with Gasteiger partial charge in [-0.15, -0.1) is 0 Å². The van der Waals surface area contributed by atoms with Crippen molar-refractivity contribution in [3.8, 4) is 0 Å². The molecule has 0 aromatic carbocycles. The van der Waals surface area contributed by atoms with Gasteiger partial charge in [-0.25, -0.2) is 0 Å². The molecule has 0 bridgehead atoms. The summed E-state index contributed by atoms with van der Waals surface area (Å²) >= 11 is 7.36. The average Bonchev–Trinajstić information content (AvgIpc) is 2.18. The first kappa shape index (κ1) is 22.7. The van der Waals surface area contributed by atoms with E-state index < -0.39 is 11.9 Å². The van der Waals surface area contributed by atoms with Gasteiger partial charge >= 0.3 is 11.9 Å². The van der Waals surface area contributed by atoms with Crippen LogP contribution in [0, 0.1) is 0 Å². The first-order chi connectivity index (χ1) is 8.31. The molecule has 6 nitrogen and oxygen atoms in total. The standard InChI is InChI=1S/C4H10O2.2C3H6O2S/c1-4(6)2-3-5;2*4-3(5)1-2-6/h4-6H,2-3H2,1H3;2*6H,1-2H2,(H,4,5). The Morgan fingerprint density at radius 1 is 1.06 bits per heavy atom. The predicted octanol–water partition coefficient (Wildman–Crippen LogP) is 0.531. The van der Waals surface area contributed by atoms with Crippen LogP contribution in [0.4, 0.5) is 0 Å². The van der Waals surface area contributed by atoms with Gasteiger partial charge in [0.05, 0.1) is 18.9 Å². The Balaban J connectivity index is -0.000000187. The van der Waals surface area contributed by atoms with Gasteiger partial charge in [0.2, 0.25) is 0 Å². The number of carboxylic acids is 2. The maximum absolute atomic E-state index is 9.55. The molecular weight excluding hydrogens is 280 g/mol. The minimum atomic E-state index is -0.787. The lowest BCUT2D eigenvalue weighted by atomic mass is 10.3. The van der Waals surface area contributed by atoms with Crippen LogP contribution in [0.15, 0.2) is 0 Å². The fourth-order valence-corrected chi connectivity index (χ4v) is 0.761. The Kier molecular flexibility index (Phi) is 23.9. The van der Waals surface area contributed by atoms with E-state index in [9.17, 15) is 9.59 Å². The highest BCUT2D eigenvalue weighted by molar-refractivity contribution is 7.80. The quantitative estimate of drug-likeness (QED) is 0.399. The molecule has 8 heteroatoms. The van der Waals surface area contributed by atoms with Crippen molar-refractivity contribution in [3.05, 3.63) is 0 Å². The topological polar surface area (TPSA) is 115 Å². The van der Waals surface area contributed by atoms with E-state index in [1.165, 1.54) is 0 Å². The Bertz CT molecular complexity index is 183. The Morgan fingerprint density at radius 2 is 1.39 bits per heavy atom. The van der Waals surface area contributed by atoms with Crippen LogP contribution in [0.5, 0.6) is 0 Å². The minimum Gasteiger partial charge on any atom is -0.481 e. The van der Waals surface area contributed by atoms with Gasteiger partial charge in [0, 0.05) is 18.1 Å². The summed E-state index contributed by atoms with van der Waals surface area (Å²) in [4.78, 5) is 19.1. The zero-order valence-corrected chi connectivity index (χ0v) is 12.1. The number of aliphatic carboxylic acids is 2. The third kappa shape index (κ3) is 45.0. The summed E-state index contributed by atoms with van der Waals surface area (Å²) in [5.41, 5.74) is 0. The number of rotatable bonds is 6. The lowest BCUT2D eigenvalue weighted by Gasteiger charge is -1.95. The zero-order chi connectivity index (χ0) is 15.0. The van der Waals surface area contributed by atoms with E-state index in [0.29, 0.717) is 17.9 Å². The largest absolute Gasteiger partial charge is 0.481 e. The predicted molar refractivity (Wildman–Crippen MR) is 75.6 cm³/mol. The van der Waals surface area contributed by atoms with Crippen LogP contribution in [-0.2, 0) is 9.59 Å². The van der Waals surface area contributed by atoms with Crippen molar-refractivity contribution < 1.29 is 30.0 Å². The Hall–Kier alpha value is -0.440. The lowest BCUT2D eigenvalue weighted by molar-refractivity contribution is -0.137. The van der Waals surface area contributed by atoms with Gasteiger partial charge in [-0.3, -0.25) is 9.59 Å². The normalized spacial score (nSPS) is 10.3. The molecule has 0 saturated carbocycles. The van der Waals surface area contributed by atoms with Crippen LogP contribution in [0.3, 0.4) is 0 Å². The van der Waals surface area contributed by atoms with Crippen LogP contribution in [0.2, 0.25) is 0 Å². The lowest BCUT2D eigenvalue weighted by Crippen LogP contribution is -2.00. The second kappa shape index (κ2) is 18.9. The first-order valence-electron chi connectivity index (χ1n) is 5.26. The molecule has 4 N–H and O–H groups in total. The highest BCUT2D eigenvalue weighted by Gasteiger charge is 1.89. The molecule has 0 amide bonds. The minimum absolute atomic E-state index is 0.0810. The first-order valence-corrected chi connectivity index (χ1v) is 6.52. The molecule has 0 fully saturated rings.